The molecule has 0 bridgehead atoms. The molecule has 0 saturated carbocycles. The number of rotatable bonds is 6. The lowest BCUT2D eigenvalue weighted by molar-refractivity contribution is 0.0932. The van der Waals surface area contributed by atoms with E-state index in [1.54, 1.807) is 7.11 Å². The number of hydrogen-bond acceptors (Lipinski definition) is 2. The SMILES string of the molecule is COc1ccc([C@@H](CC(C)C)NC(=O)c2ccc(F)cc2)cc1. The normalized spacial score (nSPS) is 12.0. The predicted octanol–water partition coefficient (Wildman–Crippen LogP) is 4.35. The van der Waals surface area contributed by atoms with Gasteiger partial charge in [0.05, 0.1) is 13.2 Å². The maximum atomic E-state index is 13.0. The molecule has 1 N–H and O–H groups in total. The van der Waals surface area contributed by atoms with Gasteiger partial charge in [-0.15, -0.1) is 0 Å². The second-order valence-electron chi connectivity index (χ2n) is 5.94. The Kier molecular flexibility index (Phi) is 5.74. The van der Waals surface area contributed by atoms with Gasteiger partial charge in [-0.3, -0.25) is 4.79 Å². The first-order valence-electron chi connectivity index (χ1n) is 7.70. The third-order valence-corrected chi connectivity index (χ3v) is 3.64. The highest BCUT2D eigenvalue weighted by Gasteiger charge is 2.17. The van der Waals surface area contributed by atoms with Gasteiger partial charge < -0.3 is 10.1 Å². The van der Waals surface area contributed by atoms with E-state index in [0.29, 0.717) is 11.5 Å². The number of hydrogen-bond donors (Lipinski definition) is 1. The number of halogens is 1. The zero-order valence-electron chi connectivity index (χ0n) is 13.7. The zero-order chi connectivity index (χ0) is 16.8. The molecule has 2 aromatic carbocycles. The molecule has 0 fully saturated rings. The molecule has 0 heterocycles. The molecule has 23 heavy (non-hydrogen) atoms. The minimum absolute atomic E-state index is 0.0986. The van der Waals surface area contributed by atoms with Crippen molar-refractivity contribution in [1.29, 1.82) is 0 Å². The van der Waals surface area contributed by atoms with Crippen LogP contribution in [0.4, 0.5) is 4.39 Å². The molecule has 3 nitrogen and oxygen atoms in total. The van der Waals surface area contributed by atoms with Crippen LogP contribution in [-0.2, 0) is 0 Å². The van der Waals surface area contributed by atoms with Gasteiger partial charge in [-0.1, -0.05) is 26.0 Å². The Bertz CT molecular complexity index is 635. The first-order valence-corrected chi connectivity index (χ1v) is 7.70. The lowest BCUT2D eigenvalue weighted by atomic mass is 9.96. The standard InChI is InChI=1S/C19H22FNO2/c1-13(2)12-18(14-6-10-17(23-3)11-7-14)21-19(22)15-4-8-16(20)9-5-15/h4-11,13,18H,12H2,1-3H3,(H,21,22)/t18-/m1/s1. The molecule has 122 valence electrons. The van der Waals surface area contributed by atoms with Crippen molar-refractivity contribution in [2.75, 3.05) is 7.11 Å². The summed E-state index contributed by atoms with van der Waals surface area (Å²) >= 11 is 0. The summed E-state index contributed by atoms with van der Waals surface area (Å²) in [5, 5.41) is 3.04. The summed E-state index contributed by atoms with van der Waals surface area (Å²) in [5.41, 5.74) is 1.48. The van der Waals surface area contributed by atoms with Crippen molar-refractivity contribution in [3.05, 3.63) is 65.5 Å². The molecule has 0 unspecified atom stereocenters. The van der Waals surface area contributed by atoms with Gasteiger partial charge in [0.2, 0.25) is 0 Å². The average Bonchev–Trinajstić information content (AvgIpc) is 2.54. The highest BCUT2D eigenvalue weighted by molar-refractivity contribution is 5.94. The van der Waals surface area contributed by atoms with E-state index in [2.05, 4.69) is 19.2 Å². The second kappa shape index (κ2) is 7.77. The number of ether oxygens (including phenoxy) is 1. The van der Waals surface area contributed by atoms with Crippen LogP contribution in [0.25, 0.3) is 0 Å². The Morgan fingerprint density at radius 2 is 1.70 bits per heavy atom. The lowest BCUT2D eigenvalue weighted by Gasteiger charge is -2.21. The fourth-order valence-corrected chi connectivity index (χ4v) is 2.43. The number of amides is 1. The van der Waals surface area contributed by atoms with Gasteiger partial charge in [0.25, 0.3) is 5.91 Å². The smallest absolute Gasteiger partial charge is 0.251 e. The van der Waals surface area contributed by atoms with Crippen molar-refractivity contribution in [2.45, 2.75) is 26.3 Å². The van der Waals surface area contributed by atoms with Gasteiger partial charge in [-0.25, -0.2) is 4.39 Å². The van der Waals surface area contributed by atoms with Crippen molar-refractivity contribution in [3.63, 3.8) is 0 Å². The van der Waals surface area contributed by atoms with Crippen molar-refractivity contribution in [1.82, 2.24) is 5.32 Å². The van der Waals surface area contributed by atoms with Crippen LogP contribution in [0.1, 0.15) is 42.2 Å². The van der Waals surface area contributed by atoms with Crippen LogP contribution >= 0.6 is 0 Å². The van der Waals surface area contributed by atoms with Crippen molar-refractivity contribution in [3.8, 4) is 5.75 Å². The fourth-order valence-electron chi connectivity index (χ4n) is 2.43. The summed E-state index contributed by atoms with van der Waals surface area (Å²) in [6, 6.07) is 13.1. The molecule has 0 aliphatic rings. The molecule has 1 atom stereocenters. The van der Waals surface area contributed by atoms with Gasteiger partial charge in [0.1, 0.15) is 11.6 Å². The van der Waals surface area contributed by atoms with E-state index < -0.39 is 0 Å². The van der Waals surface area contributed by atoms with E-state index in [1.807, 2.05) is 24.3 Å². The van der Waals surface area contributed by atoms with Crippen LogP contribution in [0.5, 0.6) is 5.75 Å². The number of methoxy groups -OCH3 is 1. The van der Waals surface area contributed by atoms with E-state index in [-0.39, 0.29) is 17.8 Å². The van der Waals surface area contributed by atoms with E-state index in [9.17, 15) is 9.18 Å². The van der Waals surface area contributed by atoms with Gasteiger partial charge in [-0.2, -0.15) is 0 Å². The van der Waals surface area contributed by atoms with E-state index in [1.165, 1.54) is 24.3 Å². The van der Waals surface area contributed by atoms with E-state index in [0.717, 1.165) is 17.7 Å². The summed E-state index contributed by atoms with van der Waals surface area (Å²) < 4.78 is 18.1. The minimum Gasteiger partial charge on any atom is -0.497 e. The highest BCUT2D eigenvalue weighted by Crippen LogP contribution is 2.24. The van der Waals surface area contributed by atoms with Gasteiger partial charge in [0, 0.05) is 5.56 Å². The minimum atomic E-state index is -0.351. The quantitative estimate of drug-likeness (QED) is 0.860. The van der Waals surface area contributed by atoms with Crippen LogP contribution in [0, 0.1) is 11.7 Å². The molecule has 2 rings (SSSR count). The monoisotopic (exact) mass is 315 g/mol. The summed E-state index contributed by atoms with van der Waals surface area (Å²) in [7, 11) is 1.62. The molecule has 1 amide bonds. The number of carbonyl (C=O) groups excluding carboxylic acids is 1. The first kappa shape index (κ1) is 17.0. The highest BCUT2D eigenvalue weighted by atomic mass is 19.1. The van der Waals surface area contributed by atoms with Gasteiger partial charge in [0.15, 0.2) is 0 Å². The Balaban J connectivity index is 2.17. The fraction of sp³-hybridized carbons (Fsp3) is 0.316. The van der Waals surface area contributed by atoms with Crippen LogP contribution in [0.2, 0.25) is 0 Å². The molecule has 0 saturated heterocycles. The van der Waals surface area contributed by atoms with Crippen molar-refractivity contribution in [2.24, 2.45) is 5.92 Å². The number of nitrogens with one attached hydrogen (secondary N) is 1. The molecule has 0 aliphatic carbocycles. The van der Waals surface area contributed by atoms with Crippen LogP contribution in [-0.4, -0.2) is 13.0 Å². The molecular formula is C19H22FNO2. The molecule has 0 radical (unpaired) electrons. The Morgan fingerprint density at radius 3 is 2.22 bits per heavy atom. The van der Waals surface area contributed by atoms with Gasteiger partial charge in [-0.05, 0) is 54.3 Å². The molecule has 2 aromatic rings. The van der Waals surface area contributed by atoms with Crippen LogP contribution in [0.3, 0.4) is 0 Å². The largest absolute Gasteiger partial charge is 0.497 e. The number of benzene rings is 2. The molecule has 0 aromatic heterocycles. The third kappa shape index (κ3) is 4.81. The molecule has 0 spiro atoms. The third-order valence-electron chi connectivity index (χ3n) is 3.64. The maximum absolute atomic E-state index is 13.0. The van der Waals surface area contributed by atoms with Crippen molar-refractivity contribution >= 4 is 5.91 Å². The summed E-state index contributed by atoms with van der Waals surface area (Å²) in [5.74, 6) is 0.652. The summed E-state index contributed by atoms with van der Waals surface area (Å²) in [6.45, 7) is 4.22. The Hall–Kier alpha value is -2.36. The number of carbonyl (C=O) groups is 1. The Morgan fingerprint density at radius 1 is 1.09 bits per heavy atom. The van der Waals surface area contributed by atoms with Crippen molar-refractivity contribution < 1.29 is 13.9 Å². The summed E-state index contributed by atoms with van der Waals surface area (Å²) in [4.78, 5) is 12.4. The van der Waals surface area contributed by atoms with Gasteiger partial charge >= 0.3 is 0 Å². The Labute approximate surface area is 136 Å². The average molecular weight is 315 g/mol. The second-order valence-corrected chi connectivity index (χ2v) is 5.94. The summed E-state index contributed by atoms with van der Waals surface area (Å²) in [6.07, 6.45) is 0.819. The topological polar surface area (TPSA) is 38.3 Å². The maximum Gasteiger partial charge on any atom is 0.251 e. The zero-order valence-corrected chi connectivity index (χ0v) is 13.7. The van der Waals surface area contributed by atoms with E-state index >= 15 is 0 Å². The van der Waals surface area contributed by atoms with Crippen LogP contribution < -0.4 is 10.1 Å². The lowest BCUT2D eigenvalue weighted by Crippen LogP contribution is -2.29. The molecular weight excluding hydrogens is 293 g/mol. The van der Waals surface area contributed by atoms with E-state index in [4.69, 9.17) is 4.74 Å². The molecule has 0 aliphatic heterocycles. The van der Waals surface area contributed by atoms with Crippen LogP contribution in [0.15, 0.2) is 48.5 Å². The first-order chi connectivity index (χ1) is 11.0. The molecule has 4 heteroatoms. The predicted molar refractivity (Wildman–Crippen MR) is 89.1 cm³/mol.